The summed E-state index contributed by atoms with van der Waals surface area (Å²) in [4.78, 5) is 11.2. The smallest absolute Gasteiger partial charge is 0.221 e. The van der Waals surface area contributed by atoms with Crippen LogP contribution in [0, 0.1) is 0 Å². The third kappa shape index (κ3) is 5.11. The molecule has 1 amide bonds. The summed E-state index contributed by atoms with van der Waals surface area (Å²) < 4.78 is 5.65. The molecule has 2 aromatic rings. The summed E-state index contributed by atoms with van der Waals surface area (Å²) in [5.41, 5.74) is 3.09. The standard InChI is InChI=1S/C19H24N2O2/c1-4-23-19-11-6-5-8-17(19)13-20-14(2)16-9-7-10-18(12-16)21-15(3)22/h5-12,14,20H,4,13H2,1-3H3,(H,21,22). The molecule has 2 rings (SSSR count). The summed E-state index contributed by atoms with van der Waals surface area (Å²) in [5.74, 6) is 0.857. The maximum Gasteiger partial charge on any atom is 0.221 e. The van der Waals surface area contributed by atoms with Crippen LogP contribution < -0.4 is 15.4 Å². The number of benzene rings is 2. The number of carbonyl (C=O) groups is 1. The first kappa shape index (κ1) is 17.0. The Morgan fingerprint density at radius 1 is 1.17 bits per heavy atom. The van der Waals surface area contributed by atoms with Crippen molar-refractivity contribution in [3.05, 3.63) is 59.7 Å². The Hall–Kier alpha value is -2.33. The molecule has 122 valence electrons. The lowest BCUT2D eigenvalue weighted by Gasteiger charge is -2.17. The Kier molecular flexibility index (Phi) is 6.18. The van der Waals surface area contributed by atoms with Crippen molar-refractivity contribution in [2.45, 2.75) is 33.4 Å². The summed E-state index contributed by atoms with van der Waals surface area (Å²) in [5, 5.41) is 6.31. The molecule has 0 aliphatic carbocycles. The van der Waals surface area contributed by atoms with Gasteiger partial charge in [0.1, 0.15) is 5.75 Å². The molecule has 0 aliphatic heterocycles. The Balaban J connectivity index is 2.02. The Morgan fingerprint density at radius 2 is 1.96 bits per heavy atom. The van der Waals surface area contributed by atoms with E-state index in [9.17, 15) is 4.79 Å². The number of carbonyl (C=O) groups excluding carboxylic acids is 1. The van der Waals surface area contributed by atoms with Gasteiger partial charge in [-0.1, -0.05) is 30.3 Å². The number of para-hydroxylation sites is 1. The summed E-state index contributed by atoms with van der Waals surface area (Å²) in [6.07, 6.45) is 0. The van der Waals surface area contributed by atoms with E-state index in [4.69, 9.17) is 4.74 Å². The van der Waals surface area contributed by atoms with E-state index in [-0.39, 0.29) is 11.9 Å². The van der Waals surface area contributed by atoms with Gasteiger partial charge in [0.05, 0.1) is 6.61 Å². The second kappa shape index (κ2) is 8.34. The second-order valence-electron chi connectivity index (χ2n) is 5.45. The van der Waals surface area contributed by atoms with E-state index >= 15 is 0 Å². The van der Waals surface area contributed by atoms with E-state index in [2.05, 4.69) is 29.7 Å². The topological polar surface area (TPSA) is 50.4 Å². The molecule has 0 fully saturated rings. The third-order valence-electron chi connectivity index (χ3n) is 3.58. The van der Waals surface area contributed by atoms with Gasteiger partial charge in [0.25, 0.3) is 0 Å². The number of hydrogen-bond acceptors (Lipinski definition) is 3. The molecule has 4 nitrogen and oxygen atoms in total. The monoisotopic (exact) mass is 312 g/mol. The van der Waals surface area contributed by atoms with Crippen LogP contribution in [0.1, 0.15) is 37.9 Å². The molecular weight excluding hydrogens is 288 g/mol. The lowest BCUT2D eigenvalue weighted by Crippen LogP contribution is -2.19. The molecule has 23 heavy (non-hydrogen) atoms. The first-order valence-corrected chi connectivity index (χ1v) is 7.91. The molecule has 0 radical (unpaired) electrons. The van der Waals surface area contributed by atoms with E-state index in [0.717, 1.165) is 29.1 Å². The normalized spacial score (nSPS) is 11.8. The molecule has 2 aromatic carbocycles. The molecule has 1 atom stereocenters. The van der Waals surface area contributed by atoms with Crippen molar-refractivity contribution in [1.29, 1.82) is 0 Å². The number of ether oxygens (including phenoxy) is 1. The van der Waals surface area contributed by atoms with Crippen LogP contribution in [0.15, 0.2) is 48.5 Å². The first-order chi connectivity index (χ1) is 11.1. The van der Waals surface area contributed by atoms with Gasteiger partial charge in [-0.15, -0.1) is 0 Å². The summed E-state index contributed by atoms with van der Waals surface area (Å²) >= 11 is 0. The maximum absolute atomic E-state index is 11.2. The van der Waals surface area contributed by atoms with Crippen LogP contribution in [-0.2, 0) is 11.3 Å². The van der Waals surface area contributed by atoms with Crippen molar-refractivity contribution < 1.29 is 9.53 Å². The predicted molar refractivity (Wildman–Crippen MR) is 93.6 cm³/mol. The molecule has 0 saturated heterocycles. The molecular formula is C19H24N2O2. The van der Waals surface area contributed by atoms with Crippen LogP contribution in [0.2, 0.25) is 0 Å². The Morgan fingerprint density at radius 3 is 2.70 bits per heavy atom. The highest BCUT2D eigenvalue weighted by Gasteiger charge is 2.08. The van der Waals surface area contributed by atoms with Crippen molar-refractivity contribution in [1.82, 2.24) is 5.32 Å². The van der Waals surface area contributed by atoms with Crippen LogP contribution in [0.4, 0.5) is 5.69 Å². The average molecular weight is 312 g/mol. The minimum absolute atomic E-state index is 0.0617. The zero-order valence-electron chi connectivity index (χ0n) is 13.9. The summed E-state index contributed by atoms with van der Waals surface area (Å²) in [6.45, 7) is 6.99. The van der Waals surface area contributed by atoms with Crippen molar-refractivity contribution in [3.63, 3.8) is 0 Å². The van der Waals surface area contributed by atoms with Gasteiger partial charge >= 0.3 is 0 Å². The molecule has 0 aliphatic rings. The highest BCUT2D eigenvalue weighted by atomic mass is 16.5. The van der Waals surface area contributed by atoms with Gasteiger partial charge in [-0.25, -0.2) is 0 Å². The van der Waals surface area contributed by atoms with Crippen LogP contribution in [-0.4, -0.2) is 12.5 Å². The molecule has 0 aromatic heterocycles. The van der Waals surface area contributed by atoms with Gasteiger partial charge in [0.2, 0.25) is 5.91 Å². The minimum atomic E-state index is -0.0617. The average Bonchev–Trinajstić information content (AvgIpc) is 2.53. The van der Waals surface area contributed by atoms with Gasteiger partial charge in [-0.3, -0.25) is 4.79 Å². The number of hydrogen-bond donors (Lipinski definition) is 2. The summed E-state index contributed by atoms with van der Waals surface area (Å²) in [6, 6.07) is 16.1. The SMILES string of the molecule is CCOc1ccccc1CNC(C)c1cccc(NC(C)=O)c1. The van der Waals surface area contributed by atoms with Crippen LogP contribution in [0.5, 0.6) is 5.75 Å². The molecule has 4 heteroatoms. The van der Waals surface area contributed by atoms with E-state index in [0.29, 0.717) is 6.61 Å². The van der Waals surface area contributed by atoms with E-state index in [1.165, 1.54) is 6.92 Å². The van der Waals surface area contributed by atoms with Gasteiger partial charge in [0.15, 0.2) is 0 Å². The third-order valence-corrected chi connectivity index (χ3v) is 3.58. The minimum Gasteiger partial charge on any atom is -0.494 e. The lowest BCUT2D eigenvalue weighted by molar-refractivity contribution is -0.114. The molecule has 2 N–H and O–H groups in total. The second-order valence-corrected chi connectivity index (χ2v) is 5.45. The number of amides is 1. The van der Waals surface area contributed by atoms with Crippen molar-refractivity contribution in [3.8, 4) is 5.75 Å². The van der Waals surface area contributed by atoms with Gasteiger partial charge < -0.3 is 15.4 Å². The lowest BCUT2D eigenvalue weighted by atomic mass is 10.1. The molecule has 0 bridgehead atoms. The van der Waals surface area contributed by atoms with E-state index in [1.54, 1.807) is 0 Å². The Labute approximate surface area is 137 Å². The van der Waals surface area contributed by atoms with Gasteiger partial charge in [0, 0.05) is 30.8 Å². The molecule has 0 spiro atoms. The molecule has 1 unspecified atom stereocenters. The fourth-order valence-corrected chi connectivity index (χ4v) is 2.42. The van der Waals surface area contributed by atoms with Crippen molar-refractivity contribution in [2.75, 3.05) is 11.9 Å². The maximum atomic E-state index is 11.2. The number of nitrogens with one attached hydrogen (secondary N) is 2. The predicted octanol–water partition coefficient (Wildman–Crippen LogP) is 3.89. The number of anilines is 1. The summed E-state index contributed by atoms with van der Waals surface area (Å²) in [7, 11) is 0. The first-order valence-electron chi connectivity index (χ1n) is 7.91. The van der Waals surface area contributed by atoms with E-state index in [1.807, 2.05) is 43.3 Å². The highest BCUT2D eigenvalue weighted by Crippen LogP contribution is 2.21. The highest BCUT2D eigenvalue weighted by molar-refractivity contribution is 5.88. The largest absolute Gasteiger partial charge is 0.494 e. The zero-order chi connectivity index (χ0) is 16.7. The van der Waals surface area contributed by atoms with Gasteiger partial charge in [-0.2, -0.15) is 0 Å². The van der Waals surface area contributed by atoms with Gasteiger partial charge in [-0.05, 0) is 37.6 Å². The van der Waals surface area contributed by atoms with Crippen LogP contribution in [0.25, 0.3) is 0 Å². The fourth-order valence-electron chi connectivity index (χ4n) is 2.42. The molecule has 0 saturated carbocycles. The van der Waals surface area contributed by atoms with Crippen molar-refractivity contribution in [2.24, 2.45) is 0 Å². The Bertz CT molecular complexity index is 655. The quantitative estimate of drug-likeness (QED) is 0.815. The zero-order valence-corrected chi connectivity index (χ0v) is 13.9. The molecule has 0 heterocycles. The van der Waals surface area contributed by atoms with Crippen LogP contribution >= 0.6 is 0 Å². The fraction of sp³-hybridized carbons (Fsp3) is 0.316. The van der Waals surface area contributed by atoms with E-state index < -0.39 is 0 Å². The van der Waals surface area contributed by atoms with Crippen molar-refractivity contribution >= 4 is 11.6 Å². The van der Waals surface area contributed by atoms with Crippen LogP contribution in [0.3, 0.4) is 0 Å². The number of rotatable bonds is 7.